The fourth-order valence-corrected chi connectivity index (χ4v) is 1.72. The second-order valence-electron chi connectivity index (χ2n) is 3.53. The molecular weight excluding hydrogens is 250 g/mol. The molecule has 0 atom stereocenters. The average Bonchev–Trinajstić information content (AvgIpc) is 2.90. The molecule has 0 fully saturated rings. The number of rotatable bonds is 3. The first-order valence-electron chi connectivity index (χ1n) is 5.26. The van der Waals surface area contributed by atoms with Crippen LogP contribution in [0.15, 0.2) is 42.7 Å². The molecule has 0 spiro atoms. The van der Waals surface area contributed by atoms with Gasteiger partial charge in [-0.2, -0.15) is 0 Å². The highest BCUT2D eigenvalue weighted by Gasteiger charge is 2.12. The summed E-state index contributed by atoms with van der Waals surface area (Å²) < 4.78 is 6.73. The van der Waals surface area contributed by atoms with Gasteiger partial charge in [-0.15, -0.1) is 6.42 Å². The van der Waals surface area contributed by atoms with Crippen LogP contribution in [0.4, 0.5) is 0 Å². The molecule has 0 saturated heterocycles. The summed E-state index contributed by atoms with van der Waals surface area (Å²) in [6.45, 7) is -0.0666. The molecule has 0 aliphatic rings. The lowest BCUT2D eigenvalue weighted by atomic mass is 10.2. The fraction of sp³-hybridized carbons (Fsp3) is 0.0714. The van der Waals surface area contributed by atoms with Gasteiger partial charge < -0.3 is 9.30 Å². The Morgan fingerprint density at radius 1 is 1.39 bits per heavy atom. The van der Waals surface area contributed by atoms with E-state index < -0.39 is 5.97 Å². The van der Waals surface area contributed by atoms with Gasteiger partial charge in [0.25, 0.3) is 0 Å². The van der Waals surface area contributed by atoms with Gasteiger partial charge in [0.1, 0.15) is 0 Å². The number of benzene rings is 1. The largest absolute Gasteiger partial charge is 0.449 e. The molecule has 18 heavy (non-hydrogen) atoms. The minimum absolute atomic E-state index is 0.0666. The lowest BCUT2D eigenvalue weighted by Gasteiger charge is -2.07. The molecule has 0 N–H and O–H groups in total. The Kier molecular flexibility index (Phi) is 3.71. The third kappa shape index (κ3) is 2.55. The van der Waals surface area contributed by atoms with Crippen molar-refractivity contribution < 1.29 is 9.53 Å². The molecule has 2 rings (SSSR count). The van der Waals surface area contributed by atoms with Crippen molar-refractivity contribution >= 4 is 17.6 Å². The summed E-state index contributed by atoms with van der Waals surface area (Å²) in [6.07, 6.45) is 8.79. The number of hydrogen-bond acceptors (Lipinski definition) is 2. The van der Waals surface area contributed by atoms with Crippen LogP contribution in [-0.4, -0.2) is 17.1 Å². The first-order valence-corrected chi connectivity index (χ1v) is 5.63. The third-order valence-corrected chi connectivity index (χ3v) is 2.69. The zero-order valence-corrected chi connectivity index (χ0v) is 10.2. The molecule has 1 aromatic heterocycles. The molecule has 0 saturated carbocycles. The van der Waals surface area contributed by atoms with Crippen molar-refractivity contribution in [3.63, 3.8) is 0 Å². The zero-order chi connectivity index (χ0) is 13.0. The molecule has 2 aromatic rings. The van der Waals surface area contributed by atoms with Crippen molar-refractivity contribution in [2.75, 3.05) is 6.61 Å². The van der Waals surface area contributed by atoms with Gasteiger partial charge in [0.15, 0.2) is 6.61 Å². The molecule has 1 aromatic carbocycles. The normalized spacial score (nSPS) is 9.78. The molecule has 1 heterocycles. The first-order chi connectivity index (χ1) is 8.72. The van der Waals surface area contributed by atoms with Crippen molar-refractivity contribution in [3.05, 3.63) is 53.3 Å². The molecule has 0 radical (unpaired) electrons. The second-order valence-corrected chi connectivity index (χ2v) is 3.94. The molecule has 90 valence electrons. The van der Waals surface area contributed by atoms with Crippen molar-refractivity contribution in [2.45, 2.75) is 0 Å². The van der Waals surface area contributed by atoms with Crippen LogP contribution < -0.4 is 0 Å². The average molecular weight is 260 g/mol. The van der Waals surface area contributed by atoms with Crippen LogP contribution in [0.3, 0.4) is 0 Å². The third-order valence-electron chi connectivity index (χ3n) is 2.36. The molecule has 4 heteroatoms. The number of carbonyl (C=O) groups is 1. The number of nitrogens with zero attached hydrogens (tertiary/aromatic N) is 1. The van der Waals surface area contributed by atoms with Crippen LogP contribution in [0.1, 0.15) is 10.4 Å². The van der Waals surface area contributed by atoms with E-state index in [0.29, 0.717) is 10.6 Å². The summed E-state index contributed by atoms with van der Waals surface area (Å²) in [4.78, 5) is 11.7. The first kappa shape index (κ1) is 12.3. The quantitative estimate of drug-likeness (QED) is 0.627. The van der Waals surface area contributed by atoms with Gasteiger partial charge in [0, 0.05) is 18.1 Å². The highest BCUT2D eigenvalue weighted by Crippen LogP contribution is 2.21. The predicted molar refractivity (Wildman–Crippen MR) is 69.9 cm³/mol. The van der Waals surface area contributed by atoms with E-state index in [1.165, 1.54) is 0 Å². The van der Waals surface area contributed by atoms with Crippen LogP contribution in [0.2, 0.25) is 5.02 Å². The maximum absolute atomic E-state index is 11.7. The van der Waals surface area contributed by atoms with E-state index in [0.717, 1.165) is 5.69 Å². The zero-order valence-electron chi connectivity index (χ0n) is 9.47. The molecule has 0 bridgehead atoms. The van der Waals surface area contributed by atoms with Crippen LogP contribution >= 0.6 is 11.6 Å². The molecular formula is C14H10ClNO2. The van der Waals surface area contributed by atoms with E-state index in [2.05, 4.69) is 5.92 Å². The smallest absolute Gasteiger partial charge is 0.340 e. The number of carbonyl (C=O) groups excluding carboxylic acids is 1. The lowest BCUT2D eigenvalue weighted by molar-refractivity contribution is 0.0557. The van der Waals surface area contributed by atoms with Crippen LogP contribution in [0.5, 0.6) is 0 Å². The van der Waals surface area contributed by atoms with E-state index >= 15 is 0 Å². The topological polar surface area (TPSA) is 31.2 Å². The Morgan fingerprint density at radius 3 is 2.78 bits per heavy atom. The molecule has 0 aliphatic heterocycles. The second kappa shape index (κ2) is 5.44. The van der Waals surface area contributed by atoms with Crippen molar-refractivity contribution in [2.24, 2.45) is 0 Å². The summed E-state index contributed by atoms with van der Waals surface area (Å²) >= 11 is 5.97. The summed E-state index contributed by atoms with van der Waals surface area (Å²) in [5.74, 6) is 1.72. The number of aromatic nitrogens is 1. The van der Waals surface area contributed by atoms with Crippen molar-refractivity contribution in [1.29, 1.82) is 0 Å². The maximum atomic E-state index is 11.7. The minimum Gasteiger partial charge on any atom is -0.449 e. The van der Waals surface area contributed by atoms with E-state index in [1.54, 1.807) is 12.1 Å². The lowest BCUT2D eigenvalue weighted by Crippen LogP contribution is -2.07. The van der Waals surface area contributed by atoms with E-state index in [1.807, 2.05) is 35.2 Å². The van der Waals surface area contributed by atoms with Gasteiger partial charge in [-0.25, -0.2) is 4.79 Å². The SMILES string of the molecule is C#CCOC(=O)c1cc(-n2cccc2)ccc1Cl. The monoisotopic (exact) mass is 259 g/mol. The Morgan fingerprint density at radius 2 is 2.11 bits per heavy atom. The van der Waals surface area contributed by atoms with Gasteiger partial charge in [0.2, 0.25) is 0 Å². The molecule has 3 nitrogen and oxygen atoms in total. The van der Waals surface area contributed by atoms with Crippen molar-refractivity contribution in [3.8, 4) is 18.0 Å². The summed E-state index contributed by atoms with van der Waals surface area (Å²) in [7, 11) is 0. The number of hydrogen-bond donors (Lipinski definition) is 0. The Balaban J connectivity index is 2.33. The number of esters is 1. The standard InChI is InChI=1S/C14H10ClNO2/c1-2-9-18-14(17)12-10-11(5-6-13(12)15)16-7-3-4-8-16/h1,3-8,10H,9H2. The molecule has 0 unspecified atom stereocenters. The van der Waals surface area contributed by atoms with Crippen LogP contribution in [0, 0.1) is 12.3 Å². The summed E-state index contributed by atoms with van der Waals surface area (Å²) in [5.41, 5.74) is 1.13. The van der Waals surface area contributed by atoms with Gasteiger partial charge in [0.05, 0.1) is 10.6 Å². The maximum Gasteiger partial charge on any atom is 0.340 e. The molecule has 0 amide bonds. The highest BCUT2D eigenvalue weighted by molar-refractivity contribution is 6.33. The Hall–Kier alpha value is -2.18. The number of halogens is 1. The van der Waals surface area contributed by atoms with Gasteiger partial charge in [-0.3, -0.25) is 0 Å². The van der Waals surface area contributed by atoms with E-state index in [4.69, 9.17) is 22.8 Å². The minimum atomic E-state index is -0.521. The van der Waals surface area contributed by atoms with Gasteiger partial charge in [-0.05, 0) is 30.3 Å². The summed E-state index contributed by atoms with van der Waals surface area (Å²) in [5, 5.41) is 0.341. The number of ether oxygens (including phenoxy) is 1. The van der Waals surface area contributed by atoms with Gasteiger partial charge in [-0.1, -0.05) is 17.5 Å². The van der Waals surface area contributed by atoms with Crippen LogP contribution in [-0.2, 0) is 4.74 Å². The highest BCUT2D eigenvalue weighted by atomic mass is 35.5. The number of terminal acetylenes is 1. The van der Waals surface area contributed by atoms with Crippen LogP contribution in [0.25, 0.3) is 5.69 Å². The Labute approximate surface area is 110 Å². The predicted octanol–water partition coefficient (Wildman–Crippen LogP) is 2.92. The molecule has 0 aliphatic carbocycles. The summed E-state index contributed by atoms with van der Waals surface area (Å²) in [6, 6.07) is 8.93. The van der Waals surface area contributed by atoms with Crippen molar-refractivity contribution in [1.82, 2.24) is 4.57 Å². The fourth-order valence-electron chi connectivity index (χ4n) is 1.52. The Bertz CT molecular complexity index is 597. The van der Waals surface area contributed by atoms with E-state index in [-0.39, 0.29) is 6.61 Å². The van der Waals surface area contributed by atoms with Gasteiger partial charge >= 0.3 is 5.97 Å². The van der Waals surface area contributed by atoms with E-state index in [9.17, 15) is 4.79 Å².